The van der Waals surface area contributed by atoms with E-state index in [2.05, 4.69) is 10.5 Å². The number of halogens is 1. The molecule has 6 heteroatoms. The fourth-order valence-electron chi connectivity index (χ4n) is 2.69. The van der Waals surface area contributed by atoms with E-state index in [0.717, 1.165) is 49.4 Å². The van der Waals surface area contributed by atoms with Crippen LogP contribution in [0.5, 0.6) is 0 Å². The number of rotatable bonds is 4. The SMILES string of the molecule is CNC1CCCN(C(=O)CCc2c(C)noc2C)C1.Cl. The zero-order valence-electron chi connectivity index (χ0n) is 12.4. The van der Waals surface area contributed by atoms with Gasteiger partial charge in [-0.2, -0.15) is 0 Å². The van der Waals surface area contributed by atoms with Crippen LogP contribution in [0.4, 0.5) is 0 Å². The van der Waals surface area contributed by atoms with E-state index < -0.39 is 0 Å². The number of amides is 1. The predicted octanol–water partition coefficient (Wildman–Crippen LogP) is 1.86. The van der Waals surface area contributed by atoms with E-state index in [0.29, 0.717) is 12.5 Å². The summed E-state index contributed by atoms with van der Waals surface area (Å²) >= 11 is 0. The van der Waals surface area contributed by atoms with Gasteiger partial charge in [-0.3, -0.25) is 4.79 Å². The first kappa shape index (κ1) is 17.0. The molecule has 1 saturated heterocycles. The van der Waals surface area contributed by atoms with Gasteiger partial charge in [0, 0.05) is 31.1 Å². The van der Waals surface area contributed by atoms with E-state index in [1.807, 2.05) is 25.8 Å². The van der Waals surface area contributed by atoms with Crippen molar-refractivity contribution in [1.29, 1.82) is 0 Å². The fraction of sp³-hybridized carbons (Fsp3) is 0.714. The molecule has 1 atom stereocenters. The number of aromatic nitrogens is 1. The minimum Gasteiger partial charge on any atom is -0.361 e. The molecule has 2 heterocycles. The molecule has 2 rings (SSSR count). The Balaban J connectivity index is 0.00000200. The van der Waals surface area contributed by atoms with Gasteiger partial charge in [-0.15, -0.1) is 12.4 Å². The van der Waals surface area contributed by atoms with Crippen molar-refractivity contribution >= 4 is 18.3 Å². The van der Waals surface area contributed by atoms with Gasteiger partial charge in [-0.1, -0.05) is 5.16 Å². The van der Waals surface area contributed by atoms with Gasteiger partial charge in [0.15, 0.2) is 0 Å². The molecule has 1 amide bonds. The van der Waals surface area contributed by atoms with Gasteiger partial charge in [-0.25, -0.2) is 0 Å². The van der Waals surface area contributed by atoms with Crippen molar-refractivity contribution in [1.82, 2.24) is 15.4 Å². The number of likely N-dealkylation sites (N-methyl/N-ethyl adjacent to an activating group) is 1. The highest BCUT2D eigenvalue weighted by molar-refractivity contribution is 5.85. The van der Waals surface area contributed by atoms with Crippen LogP contribution in [0.1, 0.15) is 36.3 Å². The van der Waals surface area contributed by atoms with Gasteiger partial charge in [0.1, 0.15) is 5.76 Å². The highest BCUT2D eigenvalue weighted by Crippen LogP contribution is 2.16. The Morgan fingerprint density at radius 2 is 2.25 bits per heavy atom. The molecule has 1 unspecified atom stereocenters. The number of nitrogens with zero attached hydrogens (tertiary/aromatic N) is 2. The molecule has 1 aromatic heterocycles. The van der Waals surface area contributed by atoms with E-state index in [1.54, 1.807) is 0 Å². The average molecular weight is 302 g/mol. The smallest absolute Gasteiger partial charge is 0.222 e. The number of hydrogen-bond acceptors (Lipinski definition) is 4. The quantitative estimate of drug-likeness (QED) is 0.922. The zero-order valence-corrected chi connectivity index (χ0v) is 13.3. The standard InChI is InChI=1S/C14H23N3O2.ClH/c1-10-13(11(2)19-16-10)6-7-14(18)17-8-4-5-12(9-17)15-3;/h12,15H,4-9H2,1-3H3;1H. The third-order valence-corrected chi connectivity index (χ3v) is 3.95. The minimum absolute atomic E-state index is 0. The lowest BCUT2D eigenvalue weighted by Crippen LogP contribution is -2.47. The molecule has 1 aliphatic rings. The summed E-state index contributed by atoms with van der Waals surface area (Å²) in [5.41, 5.74) is 1.98. The molecule has 20 heavy (non-hydrogen) atoms. The normalized spacial score (nSPS) is 18.8. The van der Waals surface area contributed by atoms with Crippen molar-refractivity contribution in [2.24, 2.45) is 0 Å². The average Bonchev–Trinajstić information content (AvgIpc) is 2.75. The van der Waals surface area contributed by atoms with Crippen molar-refractivity contribution < 1.29 is 9.32 Å². The largest absolute Gasteiger partial charge is 0.361 e. The van der Waals surface area contributed by atoms with Crippen molar-refractivity contribution in [2.75, 3.05) is 20.1 Å². The predicted molar refractivity (Wildman–Crippen MR) is 80.2 cm³/mol. The molecule has 0 aromatic carbocycles. The molecule has 0 spiro atoms. The third kappa shape index (κ3) is 3.96. The highest BCUT2D eigenvalue weighted by atomic mass is 35.5. The van der Waals surface area contributed by atoms with Crippen LogP contribution >= 0.6 is 12.4 Å². The second kappa shape index (κ2) is 7.64. The lowest BCUT2D eigenvalue weighted by molar-refractivity contribution is -0.132. The van der Waals surface area contributed by atoms with Crippen LogP contribution in [0.25, 0.3) is 0 Å². The first-order valence-corrected chi connectivity index (χ1v) is 6.98. The zero-order chi connectivity index (χ0) is 13.8. The Bertz CT molecular complexity index is 428. The summed E-state index contributed by atoms with van der Waals surface area (Å²) in [6.07, 6.45) is 3.51. The molecule has 0 aliphatic carbocycles. The molecular formula is C14H24ClN3O2. The van der Waals surface area contributed by atoms with Crippen LogP contribution in [-0.2, 0) is 11.2 Å². The maximum atomic E-state index is 12.2. The molecule has 1 aromatic rings. The van der Waals surface area contributed by atoms with E-state index in [4.69, 9.17) is 4.52 Å². The van der Waals surface area contributed by atoms with Gasteiger partial charge >= 0.3 is 0 Å². The summed E-state index contributed by atoms with van der Waals surface area (Å²) in [6.45, 7) is 5.54. The second-order valence-electron chi connectivity index (χ2n) is 5.27. The molecular weight excluding hydrogens is 278 g/mol. The Morgan fingerprint density at radius 3 is 2.85 bits per heavy atom. The molecule has 0 radical (unpaired) electrons. The van der Waals surface area contributed by atoms with Crippen LogP contribution in [-0.4, -0.2) is 42.1 Å². The fourth-order valence-corrected chi connectivity index (χ4v) is 2.69. The first-order chi connectivity index (χ1) is 9.11. The Labute approximate surface area is 126 Å². The van der Waals surface area contributed by atoms with Crippen LogP contribution < -0.4 is 5.32 Å². The molecule has 114 valence electrons. The maximum Gasteiger partial charge on any atom is 0.222 e. The monoisotopic (exact) mass is 301 g/mol. The maximum absolute atomic E-state index is 12.2. The molecule has 1 fully saturated rings. The minimum atomic E-state index is 0. The summed E-state index contributed by atoms with van der Waals surface area (Å²) in [5, 5.41) is 7.18. The molecule has 1 aliphatic heterocycles. The van der Waals surface area contributed by atoms with Gasteiger partial charge < -0.3 is 14.7 Å². The van der Waals surface area contributed by atoms with Gasteiger partial charge in [0.25, 0.3) is 0 Å². The Morgan fingerprint density at radius 1 is 1.50 bits per heavy atom. The van der Waals surface area contributed by atoms with Crippen LogP contribution in [0.15, 0.2) is 4.52 Å². The van der Waals surface area contributed by atoms with Crippen LogP contribution in [0.2, 0.25) is 0 Å². The number of carbonyl (C=O) groups excluding carboxylic acids is 1. The molecule has 1 N–H and O–H groups in total. The van der Waals surface area contributed by atoms with Crippen molar-refractivity contribution in [3.05, 3.63) is 17.0 Å². The first-order valence-electron chi connectivity index (χ1n) is 6.98. The lowest BCUT2D eigenvalue weighted by atomic mass is 10.0. The van der Waals surface area contributed by atoms with Gasteiger partial charge in [0.2, 0.25) is 5.91 Å². The summed E-state index contributed by atoms with van der Waals surface area (Å²) < 4.78 is 5.12. The second-order valence-corrected chi connectivity index (χ2v) is 5.27. The number of likely N-dealkylation sites (tertiary alicyclic amines) is 1. The summed E-state index contributed by atoms with van der Waals surface area (Å²) in [6, 6.07) is 0.441. The number of nitrogens with one attached hydrogen (secondary N) is 1. The summed E-state index contributed by atoms with van der Waals surface area (Å²) in [5.74, 6) is 1.07. The van der Waals surface area contributed by atoms with Crippen LogP contribution in [0.3, 0.4) is 0 Å². The van der Waals surface area contributed by atoms with Crippen LogP contribution in [0, 0.1) is 13.8 Å². The van der Waals surface area contributed by atoms with Gasteiger partial charge in [-0.05, 0) is 40.2 Å². The third-order valence-electron chi connectivity index (χ3n) is 3.95. The van der Waals surface area contributed by atoms with E-state index in [9.17, 15) is 4.79 Å². The Hall–Kier alpha value is -1.07. The number of piperidine rings is 1. The van der Waals surface area contributed by atoms with Gasteiger partial charge in [0.05, 0.1) is 5.69 Å². The summed E-state index contributed by atoms with van der Waals surface area (Å²) in [7, 11) is 1.96. The van der Waals surface area contributed by atoms with E-state index >= 15 is 0 Å². The van der Waals surface area contributed by atoms with E-state index in [1.165, 1.54) is 0 Å². The number of hydrogen-bond donors (Lipinski definition) is 1. The lowest BCUT2D eigenvalue weighted by Gasteiger charge is -2.32. The Kier molecular flexibility index (Phi) is 6.49. The number of aryl methyl sites for hydroxylation is 2. The number of carbonyl (C=O) groups is 1. The van der Waals surface area contributed by atoms with Crippen molar-refractivity contribution in [3.63, 3.8) is 0 Å². The molecule has 0 bridgehead atoms. The molecule has 0 saturated carbocycles. The van der Waals surface area contributed by atoms with Crippen molar-refractivity contribution in [3.8, 4) is 0 Å². The summed E-state index contributed by atoms with van der Waals surface area (Å²) in [4.78, 5) is 14.2. The highest BCUT2D eigenvalue weighted by Gasteiger charge is 2.22. The topological polar surface area (TPSA) is 58.4 Å². The van der Waals surface area contributed by atoms with Crippen molar-refractivity contribution in [2.45, 2.75) is 45.6 Å². The molecule has 5 nitrogen and oxygen atoms in total. The van der Waals surface area contributed by atoms with E-state index in [-0.39, 0.29) is 18.3 Å².